The number of likely N-dealkylation sites (tertiary alicyclic amines) is 1. The Bertz CT molecular complexity index is 464. The van der Waals surface area contributed by atoms with Crippen LogP contribution in [0.5, 0.6) is 0 Å². The van der Waals surface area contributed by atoms with Gasteiger partial charge >= 0.3 is 0 Å². The summed E-state index contributed by atoms with van der Waals surface area (Å²) in [6.45, 7) is 7.48. The zero-order valence-corrected chi connectivity index (χ0v) is 14.1. The van der Waals surface area contributed by atoms with E-state index in [1.165, 1.54) is 43.5 Å². The monoisotopic (exact) mass is 302 g/mol. The largest absolute Gasteiger partial charge is 0.356 e. The molecule has 1 aliphatic heterocycles. The average molecular weight is 302 g/mol. The van der Waals surface area contributed by atoms with E-state index in [-0.39, 0.29) is 0 Å². The number of hydrogen-bond acceptors (Lipinski definition) is 2. The molecule has 0 amide bonds. The van der Waals surface area contributed by atoms with Crippen molar-refractivity contribution in [3.8, 4) is 0 Å². The fraction of sp³-hybridized carbons (Fsp3) is 0.611. The van der Waals surface area contributed by atoms with Crippen LogP contribution in [0, 0.1) is 0 Å². The summed E-state index contributed by atoms with van der Waals surface area (Å²) in [5, 5.41) is 6.74. The summed E-state index contributed by atoms with van der Waals surface area (Å²) < 4.78 is 0. The molecule has 0 radical (unpaired) electrons. The second-order valence-corrected chi connectivity index (χ2v) is 5.96. The molecule has 4 nitrogen and oxygen atoms in total. The molecule has 2 rings (SSSR count). The molecular formula is C18H30N4. The molecule has 0 spiro atoms. The molecule has 1 aliphatic rings. The van der Waals surface area contributed by atoms with Crippen molar-refractivity contribution < 1.29 is 0 Å². The van der Waals surface area contributed by atoms with Crippen LogP contribution >= 0.6 is 0 Å². The highest BCUT2D eigenvalue weighted by molar-refractivity contribution is 5.79. The van der Waals surface area contributed by atoms with E-state index in [9.17, 15) is 0 Å². The minimum Gasteiger partial charge on any atom is -0.356 e. The maximum absolute atomic E-state index is 4.27. The third-order valence-electron chi connectivity index (χ3n) is 4.17. The predicted octanol–water partition coefficient (Wildman–Crippen LogP) is 2.75. The van der Waals surface area contributed by atoms with E-state index >= 15 is 0 Å². The first-order chi connectivity index (χ1) is 10.8. The van der Waals surface area contributed by atoms with Gasteiger partial charge in [0.25, 0.3) is 0 Å². The van der Waals surface area contributed by atoms with Crippen LogP contribution in [-0.2, 0) is 13.1 Å². The average Bonchev–Trinajstić information content (AvgIpc) is 2.57. The van der Waals surface area contributed by atoms with Gasteiger partial charge in [0.15, 0.2) is 5.96 Å². The Labute approximate surface area is 135 Å². The van der Waals surface area contributed by atoms with Gasteiger partial charge in [0.1, 0.15) is 0 Å². The fourth-order valence-corrected chi connectivity index (χ4v) is 2.89. The fourth-order valence-electron chi connectivity index (χ4n) is 2.89. The van der Waals surface area contributed by atoms with Crippen LogP contribution in [0.25, 0.3) is 0 Å². The second-order valence-electron chi connectivity index (χ2n) is 5.96. The third-order valence-corrected chi connectivity index (χ3v) is 4.17. The number of guanidine groups is 1. The third kappa shape index (κ3) is 5.34. The number of nitrogens with zero attached hydrogens (tertiary/aromatic N) is 2. The van der Waals surface area contributed by atoms with Gasteiger partial charge in [0.2, 0.25) is 0 Å². The molecule has 22 heavy (non-hydrogen) atoms. The van der Waals surface area contributed by atoms with Gasteiger partial charge in [0, 0.05) is 26.7 Å². The van der Waals surface area contributed by atoms with Gasteiger partial charge in [-0.15, -0.1) is 0 Å². The van der Waals surface area contributed by atoms with Crippen molar-refractivity contribution >= 4 is 5.96 Å². The Kier molecular flexibility index (Phi) is 7.23. The van der Waals surface area contributed by atoms with Gasteiger partial charge in [-0.3, -0.25) is 9.89 Å². The molecule has 0 aromatic heterocycles. The van der Waals surface area contributed by atoms with Gasteiger partial charge in [-0.1, -0.05) is 37.6 Å². The summed E-state index contributed by atoms with van der Waals surface area (Å²) in [6.07, 6.45) is 5.17. The highest BCUT2D eigenvalue weighted by Crippen LogP contribution is 2.16. The lowest BCUT2D eigenvalue weighted by Crippen LogP contribution is -2.37. The highest BCUT2D eigenvalue weighted by atomic mass is 15.2. The SMILES string of the molecule is CCCNC(=NC)NCc1ccccc1CN1CCCCC1. The molecule has 1 heterocycles. The zero-order chi connectivity index (χ0) is 15.6. The predicted molar refractivity (Wildman–Crippen MR) is 94.1 cm³/mol. The van der Waals surface area contributed by atoms with Crippen LogP contribution in [0.15, 0.2) is 29.3 Å². The van der Waals surface area contributed by atoms with Crippen molar-refractivity contribution in [1.29, 1.82) is 0 Å². The topological polar surface area (TPSA) is 39.7 Å². The van der Waals surface area contributed by atoms with Crippen molar-refractivity contribution in [1.82, 2.24) is 15.5 Å². The Morgan fingerprint density at radius 2 is 1.82 bits per heavy atom. The molecule has 1 fully saturated rings. The lowest BCUT2D eigenvalue weighted by atomic mass is 10.0. The lowest BCUT2D eigenvalue weighted by Gasteiger charge is -2.27. The quantitative estimate of drug-likeness (QED) is 0.627. The summed E-state index contributed by atoms with van der Waals surface area (Å²) >= 11 is 0. The Morgan fingerprint density at radius 3 is 2.50 bits per heavy atom. The molecule has 0 saturated carbocycles. The van der Waals surface area contributed by atoms with Crippen LogP contribution < -0.4 is 10.6 Å². The molecule has 122 valence electrons. The summed E-state index contributed by atoms with van der Waals surface area (Å²) in [6, 6.07) is 8.75. The molecule has 0 bridgehead atoms. The van der Waals surface area contributed by atoms with Crippen molar-refractivity contribution in [3.05, 3.63) is 35.4 Å². The molecule has 0 unspecified atom stereocenters. The van der Waals surface area contributed by atoms with Gasteiger partial charge in [-0.25, -0.2) is 0 Å². The van der Waals surface area contributed by atoms with Crippen LogP contribution in [-0.4, -0.2) is 37.5 Å². The number of rotatable bonds is 6. The molecule has 0 atom stereocenters. The van der Waals surface area contributed by atoms with E-state index in [0.29, 0.717) is 0 Å². The number of aliphatic imine (C=N–C) groups is 1. The minimum atomic E-state index is 0.827. The first-order valence-electron chi connectivity index (χ1n) is 8.57. The van der Waals surface area contributed by atoms with E-state index in [0.717, 1.165) is 32.0 Å². The standard InChI is InChI=1S/C18H30N4/c1-3-11-20-18(19-2)21-14-16-9-5-6-10-17(16)15-22-12-7-4-8-13-22/h5-6,9-10H,3-4,7-8,11-15H2,1-2H3,(H2,19,20,21). The number of piperidine rings is 1. The molecule has 2 N–H and O–H groups in total. The lowest BCUT2D eigenvalue weighted by molar-refractivity contribution is 0.220. The molecule has 4 heteroatoms. The first-order valence-corrected chi connectivity index (χ1v) is 8.57. The zero-order valence-electron chi connectivity index (χ0n) is 14.1. The number of hydrogen-bond donors (Lipinski definition) is 2. The summed E-state index contributed by atoms with van der Waals surface area (Å²) in [7, 11) is 1.82. The van der Waals surface area contributed by atoms with Gasteiger partial charge in [-0.05, 0) is 43.5 Å². The van der Waals surface area contributed by atoms with Crippen molar-refractivity contribution in [2.75, 3.05) is 26.7 Å². The minimum absolute atomic E-state index is 0.827. The smallest absolute Gasteiger partial charge is 0.191 e. The number of nitrogens with one attached hydrogen (secondary N) is 2. The molecular weight excluding hydrogens is 272 g/mol. The first kappa shape index (κ1) is 16.8. The number of benzene rings is 1. The molecule has 0 aliphatic carbocycles. The Balaban J connectivity index is 1.92. The van der Waals surface area contributed by atoms with E-state index in [1.807, 2.05) is 7.05 Å². The van der Waals surface area contributed by atoms with E-state index in [4.69, 9.17) is 0 Å². The molecule has 1 saturated heterocycles. The van der Waals surface area contributed by atoms with Gasteiger partial charge < -0.3 is 10.6 Å². The van der Waals surface area contributed by atoms with E-state index in [1.54, 1.807) is 0 Å². The summed E-state index contributed by atoms with van der Waals surface area (Å²) in [5.41, 5.74) is 2.80. The van der Waals surface area contributed by atoms with Crippen molar-refractivity contribution in [2.24, 2.45) is 4.99 Å². The van der Waals surface area contributed by atoms with Crippen LogP contribution in [0.3, 0.4) is 0 Å². The Morgan fingerprint density at radius 1 is 1.09 bits per heavy atom. The second kappa shape index (κ2) is 9.46. The molecule has 1 aromatic rings. The maximum atomic E-state index is 4.27. The van der Waals surface area contributed by atoms with Crippen molar-refractivity contribution in [2.45, 2.75) is 45.7 Å². The van der Waals surface area contributed by atoms with Gasteiger partial charge in [0.05, 0.1) is 0 Å². The molecule has 1 aromatic carbocycles. The highest BCUT2D eigenvalue weighted by Gasteiger charge is 2.12. The van der Waals surface area contributed by atoms with E-state index < -0.39 is 0 Å². The van der Waals surface area contributed by atoms with E-state index in [2.05, 4.69) is 51.7 Å². The van der Waals surface area contributed by atoms with Crippen LogP contribution in [0.1, 0.15) is 43.7 Å². The van der Waals surface area contributed by atoms with Crippen LogP contribution in [0.4, 0.5) is 0 Å². The van der Waals surface area contributed by atoms with Crippen LogP contribution in [0.2, 0.25) is 0 Å². The Hall–Kier alpha value is -1.55. The van der Waals surface area contributed by atoms with Gasteiger partial charge in [-0.2, -0.15) is 0 Å². The normalized spacial score (nSPS) is 16.5. The van der Waals surface area contributed by atoms with Crippen molar-refractivity contribution in [3.63, 3.8) is 0 Å². The summed E-state index contributed by atoms with van der Waals surface area (Å²) in [4.78, 5) is 6.85. The maximum Gasteiger partial charge on any atom is 0.191 e. The summed E-state index contributed by atoms with van der Waals surface area (Å²) in [5.74, 6) is 0.884.